The SMILES string of the molecule is CC(=O)c1ccc[n+]([C@H](C)C(=O)Nc2cccc(Cl)c2)c1. The Labute approximate surface area is 128 Å². The molecule has 5 heteroatoms. The van der Waals surface area contributed by atoms with Gasteiger partial charge in [0.25, 0.3) is 5.91 Å². The summed E-state index contributed by atoms with van der Waals surface area (Å²) in [5.41, 5.74) is 1.21. The van der Waals surface area contributed by atoms with Crippen LogP contribution in [-0.4, -0.2) is 11.7 Å². The molecule has 2 aromatic rings. The lowest BCUT2D eigenvalue weighted by Crippen LogP contribution is -2.44. The third kappa shape index (κ3) is 3.89. The van der Waals surface area contributed by atoms with E-state index in [1.807, 2.05) is 0 Å². The minimum Gasteiger partial charge on any atom is -0.320 e. The number of aromatic nitrogens is 1. The summed E-state index contributed by atoms with van der Waals surface area (Å²) >= 11 is 5.89. The molecule has 1 aromatic carbocycles. The molecule has 0 radical (unpaired) electrons. The van der Waals surface area contributed by atoms with Gasteiger partial charge in [0, 0.05) is 23.7 Å². The molecule has 0 aliphatic rings. The van der Waals surface area contributed by atoms with Gasteiger partial charge in [-0.1, -0.05) is 17.7 Å². The zero-order valence-corrected chi connectivity index (χ0v) is 12.6. The number of rotatable bonds is 4. The predicted octanol–water partition coefficient (Wildman–Crippen LogP) is 3.03. The number of ketones is 1. The van der Waals surface area contributed by atoms with Crippen molar-refractivity contribution < 1.29 is 14.2 Å². The lowest BCUT2D eigenvalue weighted by Gasteiger charge is -2.09. The number of pyridine rings is 1. The Morgan fingerprint density at radius 2 is 2.00 bits per heavy atom. The molecule has 4 nitrogen and oxygen atoms in total. The Kier molecular flexibility index (Phi) is 4.70. The summed E-state index contributed by atoms with van der Waals surface area (Å²) in [5.74, 6) is -0.213. The Morgan fingerprint density at radius 3 is 2.67 bits per heavy atom. The van der Waals surface area contributed by atoms with E-state index in [0.29, 0.717) is 16.3 Å². The molecule has 0 aliphatic carbocycles. The first-order chi connectivity index (χ1) is 9.97. The van der Waals surface area contributed by atoms with E-state index >= 15 is 0 Å². The Morgan fingerprint density at radius 1 is 1.24 bits per heavy atom. The van der Waals surface area contributed by atoms with E-state index in [1.165, 1.54) is 6.92 Å². The third-order valence-electron chi connectivity index (χ3n) is 3.15. The van der Waals surface area contributed by atoms with E-state index in [1.54, 1.807) is 60.3 Å². The fraction of sp³-hybridized carbons (Fsp3) is 0.188. The first-order valence-corrected chi connectivity index (χ1v) is 6.93. The highest BCUT2D eigenvalue weighted by molar-refractivity contribution is 6.30. The molecule has 1 heterocycles. The molecular formula is C16H16ClN2O2+. The highest BCUT2D eigenvalue weighted by atomic mass is 35.5. The van der Waals surface area contributed by atoms with Crippen molar-refractivity contribution in [2.75, 3.05) is 5.32 Å². The number of amides is 1. The summed E-state index contributed by atoms with van der Waals surface area (Å²) in [6.45, 7) is 3.26. The van der Waals surface area contributed by atoms with Crippen LogP contribution in [0.3, 0.4) is 0 Å². The number of hydrogen-bond acceptors (Lipinski definition) is 2. The Bertz CT molecular complexity index is 685. The maximum atomic E-state index is 12.2. The van der Waals surface area contributed by atoms with E-state index in [9.17, 15) is 9.59 Å². The quantitative estimate of drug-likeness (QED) is 0.697. The Hall–Kier alpha value is -2.20. The van der Waals surface area contributed by atoms with Crippen LogP contribution in [0.15, 0.2) is 48.8 Å². The average Bonchev–Trinajstić information content (AvgIpc) is 2.46. The van der Waals surface area contributed by atoms with Gasteiger partial charge in [-0.3, -0.25) is 9.59 Å². The third-order valence-corrected chi connectivity index (χ3v) is 3.38. The van der Waals surface area contributed by atoms with Crippen molar-refractivity contribution in [3.8, 4) is 0 Å². The van der Waals surface area contributed by atoms with Crippen molar-refractivity contribution in [1.82, 2.24) is 0 Å². The highest BCUT2D eigenvalue weighted by Crippen LogP contribution is 2.15. The van der Waals surface area contributed by atoms with E-state index in [0.717, 1.165) is 0 Å². The van der Waals surface area contributed by atoms with Crippen molar-refractivity contribution in [2.45, 2.75) is 19.9 Å². The van der Waals surface area contributed by atoms with E-state index < -0.39 is 6.04 Å². The summed E-state index contributed by atoms with van der Waals surface area (Å²) < 4.78 is 1.70. The molecule has 0 saturated carbocycles. The van der Waals surface area contributed by atoms with Crippen LogP contribution in [0.25, 0.3) is 0 Å². The van der Waals surface area contributed by atoms with Crippen molar-refractivity contribution in [3.05, 3.63) is 59.4 Å². The number of nitrogens with zero attached hydrogens (tertiary/aromatic N) is 1. The van der Waals surface area contributed by atoms with Gasteiger partial charge in [0.15, 0.2) is 18.2 Å². The highest BCUT2D eigenvalue weighted by Gasteiger charge is 2.22. The minimum absolute atomic E-state index is 0.0354. The van der Waals surface area contributed by atoms with Gasteiger partial charge in [0.1, 0.15) is 0 Å². The molecule has 1 amide bonds. The summed E-state index contributed by atoms with van der Waals surface area (Å²) in [5, 5.41) is 3.36. The second kappa shape index (κ2) is 6.50. The second-order valence-corrected chi connectivity index (χ2v) is 5.21. The topological polar surface area (TPSA) is 50.0 Å². The minimum atomic E-state index is -0.441. The van der Waals surface area contributed by atoms with Gasteiger partial charge in [-0.15, -0.1) is 0 Å². The maximum Gasteiger partial charge on any atom is 0.293 e. The molecule has 0 bridgehead atoms. The van der Waals surface area contributed by atoms with E-state index in [2.05, 4.69) is 5.32 Å². The molecule has 0 spiro atoms. The largest absolute Gasteiger partial charge is 0.320 e. The van der Waals surface area contributed by atoms with Crippen LogP contribution < -0.4 is 9.88 Å². The number of anilines is 1. The van der Waals surface area contributed by atoms with E-state index in [-0.39, 0.29) is 11.7 Å². The van der Waals surface area contributed by atoms with Crippen LogP contribution in [0.1, 0.15) is 30.2 Å². The molecule has 0 fully saturated rings. The molecule has 108 valence electrons. The van der Waals surface area contributed by atoms with Crippen LogP contribution in [-0.2, 0) is 4.79 Å². The zero-order chi connectivity index (χ0) is 15.4. The van der Waals surface area contributed by atoms with Gasteiger partial charge in [-0.25, -0.2) is 0 Å². The molecule has 1 atom stereocenters. The standard InChI is InChI=1S/C16H15ClN2O2/c1-11(19-8-4-5-13(10-19)12(2)20)16(21)18-15-7-3-6-14(17)9-15/h3-11H,1-2H3/p+1/t11-/m1/s1. The predicted molar refractivity (Wildman–Crippen MR) is 81.4 cm³/mol. The number of halogens is 1. The molecule has 0 aliphatic heterocycles. The van der Waals surface area contributed by atoms with Crippen LogP contribution in [0.2, 0.25) is 5.02 Å². The van der Waals surface area contributed by atoms with Crippen LogP contribution >= 0.6 is 11.6 Å². The molecule has 2 rings (SSSR count). The van der Waals surface area contributed by atoms with Gasteiger partial charge in [-0.05, 0) is 31.2 Å². The number of benzene rings is 1. The van der Waals surface area contributed by atoms with E-state index in [4.69, 9.17) is 11.6 Å². The number of carbonyl (C=O) groups is 2. The summed E-state index contributed by atoms with van der Waals surface area (Å²) in [7, 11) is 0. The van der Waals surface area contributed by atoms with Gasteiger partial charge >= 0.3 is 0 Å². The molecule has 0 saturated heterocycles. The molecule has 1 N–H and O–H groups in total. The fourth-order valence-corrected chi connectivity index (χ4v) is 2.08. The number of nitrogens with one attached hydrogen (secondary N) is 1. The van der Waals surface area contributed by atoms with Gasteiger partial charge in [0.05, 0.1) is 5.56 Å². The molecular weight excluding hydrogens is 288 g/mol. The van der Waals surface area contributed by atoms with Crippen molar-refractivity contribution in [3.63, 3.8) is 0 Å². The summed E-state index contributed by atoms with van der Waals surface area (Å²) in [6, 6.07) is 10.00. The first kappa shape index (κ1) is 15.2. The molecule has 1 aromatic heterocycles. The van der Waals surface area contributed by atoms with Crippen molar-refractivity contribution in [2.24, 2.45) is 0 Å². The summed E-state index contributed by atoms with van der Waals surface area (Å²) in [4.78, 5) is 23.6. The lowest BCUT2D eigenvalue weighted by atomic mass is 10.2. The van der Waals surface area contributed by atoms with Crippen LogP contribution in [0, 0.1) is 0 Å². The lowest BCUT2D eigenvalue weighted by molar-refractivity contribution is -0.705. The summed E-state index contributed by atoms with van der Waals surface area (Å²) in [6.07, 6.45) is 3.43. The van der Waals surface area contributed by atoms with Crippen LogP contribution in [0.4, 0.5) is 5.69 Å². The van der Waals surface area contributed by atoms with Crippen molar-refractivity contribution >= 4 is 29.0 Å². The monoisotopic (exact) mass is 303 g/mol. The maximum absolute atomic E-state index is 12.2. The van der Waals surface area contributed by atoms with Gasteiger partial charge in [0.2, 0.25) is 6.04 Å². The number of Topliss-reactive ketones (excluding diaryl/α,β-unsaturated/α-hetero) is 1. The Balaban J connectivity index is 2.15. The van der Waals surface area contributed by atoms with Gasteiger partial charge < -0.3 is 5.32 Å². The van der Waals surface area contributed by atoms with Gasteiger partial charge in [-0.2, -0.15) is 4.57 Å². The fourth-order valence-electron chi connectivity index (χ4n) is 1.89. The number of carbonyl (C=O) groups excluding carboxylic acids is 2. The first-order valence-electron chi connectivity index (χ1n) is 6.55. The number of hydrogen-bond donors (Lipinski definition) is 1. The van der Waals surface area contributed by atoms with Crippen molar-refractivity contribution in [1.29, 1.82) is 0 Å². The smallest absolute Gasteiger partial charge is 0.293 e. The molecule has 0 unspecified atom stereocenters. The zero-order valence-electron chi connectivity index (χ0n) is 11.8. The second-order valence-electron chi connectivity index (χ2n) is 4.77. The normalized spacial score (nSPS) is 11.8. The average molecular weight is 304 g/mol. The molecule has 21 heavy (non-hydrogen) atoms. The van der Waals surface area contributed by atoms with Crippen LogP contribution in [0.5, 0.6) is 0 Å².